The standard InChI is InChI=1S/C14H18N4O2/c19-14(20)11-4-9-18-12(15-16-13(18)10-11)5-8-17-6-2-1-3-7-17/h4,9-10H,1-3,5-8H2,(H,19,20). The van der Waals surface area contributed by atoms with E-state index in [0.717, 1.165) is 18.8 Å². The van der Waals surface area contributed by atoms with Crippen molar-refractivity contribution in [3.05, 3.63) is 29.7 Å². The number of hydrogen-bond acceptors (Lipinski definition) is 4. The van der Waals surface area contributed by atoms with E-state index in [1.54, 1.807) is 18.3 Å². The fourth-order valence-electron chi connectivity index (χ4n) is 2.68. The van der Waals surface area contributed by atoms with Crippen LogP contribution in [0.15, 0.2) is 18.3 Å². The van der Waals surface area contributed by atoms with Crippen molar-refractivity contribution in [3.8, 4) is 0 Å². The third kappa shape index (κ3) is 2.65. The quantitative estimate of drug-likeness (QED) is 0.914. The van der Waals surface area contributed by atoms with Gasteiger partial charge in [-0.15, -0.1) is 10.2 Å². The molecule has 0 aromatic carbocycles. The predicted octanol–water partition coefficient (Wildman–Crippen LogP) is 1.46. The maximum Gasteiger partial charge on any atom is 0.335 e. The molecule has 0 bridgehead atoms. The summed E-state index contributed by atoms with van der Waals surface area (Å²) in [5, 5.41) is 17.2. The summed E-state index contributed by atoms with van der Waals surface area (Å²) in [6.07, 6.45) is 6.48. The predicted molar refractivity (Wildman–Crippen MR) is 73.9 cm³/mol. The van der Waals surface area contributed by atoms with E-state index in [2.05, 4.69) is 15.1 Å². The number of carbonyl (C=O) groups is 1. The molecule has 1 aliphatic heterocycles. The number of carboxylic acids is 1. The Morgan fingerprint density at radius 2 is 2.05 bits per heavy atom. The van der Waals surface area contributed by atoms with E-state index in [-0.39, 0.29) is 5.56 Å². The molecule has 0 atom stereocenters. The molecule has 106 valence electrons. The highest BCUT2D eigenvalue weighted by Gasteiger charge is 2.13. The molecule has 1 N–H and O–H groups in total. The molecule has 1 fully saturated rings. The Kier molecular flexibility index (Phi) is 3.64. The van der Waals surface area contributed by atoms with Crippen molar-refractivity contribution in [2.75, 3.05) is 19.6 Å². The van der Waals surface area contributed by atoms with Gasteiger partial charge in [-0.3, -0.25) is 4.40 Å². The zero-order valence-corrected chi connectivity index (χ0v) is 11.3. The molecule has 0 spiro atoms. The third-order valence-corrected chi connectivity index (χ3v) is 3.83. The van der Waals surface area contributed by atoms with Gasteiger partial charge in [-0.25, -0.2) is 4.79 Å². The SMILES string of the molecule is O=C(O)c1ccn2c(CCN3CCCCC3)nnc2c1. The van der Waals surface area contributed by atoms with Crippen molar-refractivity contribution < 1.29 is 9.90 Å². The van der Waals surface area contributed by atoms with Crippen LogP contribution < -0.4 is 0 Å². The van der Waals surface area contributed by atoms with Crippen LogP contribution in [-0.2, 0) is 6.42 Å². The van der Waals surface area contributed by atoms with E-state index < -0.39 is 5.97 Å². The number of carboxylic acid groups (broad SMARTS) is 1. The highest BCUT2D eigenvalue weighted by molar-refractivity contribution is 5.88. The Hall–Kier alpha value is -1.95. The first-order chi connectivity index (χ1) is 9.74. The van der Waals surface area contributed by atoms with Crippen LogP contribution in [0.2, 0.25) is 0 Å². The second-order valence-electron chi connectivity index (χ2n) is 5.22. The number of pyridine rings is 1. The summed E-state index contributed by atoms with van der Waals surface area (Å²) in [7, 11) is 0. The molecular formula is C14H18N4O2. The van der Waals surface area contributed by atoms with Crippen molar-refractivity contribution in [3.63, 3.8) is 0 Å². The van der Waals surface area contributed by atoms with Gasteiger partial charge in [-0.1, -0.05) is 6.42 Å². The highest BCUT2D eigenvalue weighted by atomic mass is 16.4. The molecular weight excluding hydrogens is 256 g/mol. The van der Waals surface area contributed by atoms with Gasteiger partial charge in [0.05, 0.1) is 5.56 Å². The molecule has 0 saturated carbocycles. The normalized spacial score (nSPS) is 16.6. The van der Waals surface area contributed by atoms with Crippen LogP contribution in [0.3, 0.4) is 0 Å². The van der Waals surface area contributed by atoms with Gasteiger partial charge in [0.25, 0.3) is 0 Å². The zero-order chi connectivity index (χ0) is 13.9. The lowest BCUT2D eigenvalue weighted by Gasteiger charge is -2.25. The molecule has 2 aromatic heterocycles. The molecule has 6 heteroatoms. The Balaban J connectivity index is 1.73. The minimum absolute atomic E-state index is 0.243. The van der Waals surface area contributed by atoms with Crippen molar-refractivity contribution >= 4 is 11.6 Å². The summed E-state index contributed by atoms with van der Waals surface area (Å²) in [5.74, 6) is -0.0483. The molecule has 0 unspecified atom stereocenters. The van der Waals surface area contributed by atoms with Gasteiger partial charge in [0, 0.05) is 19.2 Å². The van der Waals surface area contributed by atoms with E-state index in [1.807, 2.05) is 4.40 Å². The van der Waals surface area contributed by atoms with Crippen LogP contribution in [0, 0.1) is 0 Å². The van der Waals surface area contributed by atoms with E-state index in [0.29, 0.717) is 5.65 Å². The minimum Gasteiger partial charge on any atom is -0.478 e. The van der Waals surface area contributed by atoms with Gasteiger partial charge in [0.1, 0.15) is 5.82 Å². The summed E-state index contributed by atoms with van der Waals surface area (Å²) in [6, 6.07) is 3.14. The highest BCUT2D eigenvalue weighted by Crippen LogP contribution is 2.11. The lowest BCUT2D eigenvalue weighted by molar-refractivity contribution is 0.0697. The summed E-state index contributed by atoms with van der Waals surface area (Å²) >= 11 is 0. The van der Waals surface area contributed by atoms with Gasteiger partial charge < -0.3 is 10.0 Å². The number of nitrogens with zero attached hydrogens (tertiary/aromatic N) is 4. The number of fused-ring (bicyclic) bond motifs is 1. The first-order valence-corrected chi connectivity index (χ1v) is 7.03. The second kappa shape index (κ2) is 5.58. The number of aromatic nitrogens is 3. The topological polar surface area (TPSA) is 70.7 Å². The lowest BCUT2D eigenvalue weighted by Crippen LogP contribution is -2.31. The van der Waals surface area contributed by atoms with Gasteiger partial charge in [-0.05, 0) is 38.1 Å². The third-order valence-electron chi connectivity index (χ3n) is 3.83. The first-order valence-electron chi connectivity index (χ1n) is 7.03. The van der Waals surface area contributed by atoms with Crippen LogP contribution >= 0.6 is 0 Å². The van der Waals surface area contributed by atoms with Gasteiger partial charge in [0.15, 0.2) is 5.65 Å². The summed E-state index contributed by atoms with van der Waals surface area (Å²) < 4.78 is 1.87. The lowest BCUT2D eigenvalue weighted by atomic mass is 10.1. The monoisotopic (exact) mass is 274 g/mol. The molecule has 3 rings (SSSR count). The van der Waals surface area contributed by atoms with Crippen LogP contribution in [0.5, 0.6) is 0 Å². The molecule has 1 aliphatic rings. The van der Waals surface area contributed by atoms with E-state index in [1.165, 1.54) is 32.4 Å². The number of likely N-dealkylation sites (tertiary alicyclic amines) is 1. The van der Waals surface area contributed by atoms with Crippen molar-refractivity contribution in [2.24, 2.45) is 0 Å². The summed E-state index contributed by atoms with van der Waals surface area (Å²) in [6.45, 7) is 3.32. The average molecular weight is 274 g/mol. The molecule has 6 nitrogen and oxygen atoms in total. The maximum atomic E-state index is 10.9. The fourth-order valence-corrected chi connectivity index (χ4v) is 2.68. The van der Waals surface area contributed by atoms with Crippen LogP contribution in [-0.4, -0.2) is 50.2 Å². The zero-order valence-electron chi connectivity index (χ0n) is 11.3. The molecule has 0 amide bonds. The number of piperidine rings is 1. The van der Waals surface area contributed by atoms with E-state index in [9.17, 15) is 4.79 Å². The van der Waals surface area contributed by atoms with Gasteiger partial charge in [-0.2, -0.15) is 0 Å². The van der Waals surface area contributed by atoms with Crippen LogP contribution in [0.25, 0.3) is 5.65 Å². The molecule has 0 aliphatic carbocycles. The Bertz CT molecular complexity index is 617. The molecule has 1 saturated heterocycles. The smallest absolute Gasteiger partial charge is 0.335 e. The van der Waals surface area contributed by atoms with E-state index >= 15 is 0 Å². The fraction of sp³-hybridized carbons (Fsp3) is 0.500. The molecule has 2 aromatic rings. The Morgan fingerprint density at radius 3 is 2.80 bits per heavy atom. The van der Waals surface area contributed by atoms with Gasteiger partial charge in [0.2, 0.25) is 0 Å². The average Bonchev–Trinajstić information content (AvgIpc) is 2.88. The first kappa shape index (κ1) is 13.1. The molecule has 20 heavy (non-hydrogen) atoms. The van der Waals surface area contributed by atoms with Crippen molar-refractivity contribution in [1.82, 2.24) is 19.5 Å². The summed E-state index contributed by atoms with van der Waals surface area (Å²) in [5.41, 5.74) is 0.839. The number of rotatable bonds is 4. The van der Waals surface area contributed by atoms with Crippen molar-refractivity contribution in [2.45, 2.75) is 25.7 Å². The van der Waals surface area contributed by atoms with E-state index in [4.69, 9.17) is 5.11 Å². The molecule has 3 heterocycles. The number of hydrogen-bond donors (Lipinski definition) is 1. The maximum absolute atomic E-state index is 10.9. The minimum atomic E-state index is -0.939. The largest absolute Gasteiger partial charge is 0.478 e. The number of aromatic carboxylic acids is 1. The van der Waals surface area contributed by atoms with Crippen LogP contribution in [0.1, 0.15) is 35.4 Å². The van der Waals surface area contributed by atoms with Crippen molar-refractivity contribution in [1.29, 1.82) is 0 Å². The van der Waals surface area contributed by atoms with Crippen LogP contribution in [0.4, 0.5) is 0 Å². The summed E-state index contributed by atoms with van der Waals surface area (Å²) in [4.78, 5) is 13.4. The second-order valence-corrected chi connectivity index (χ2v) is 5.22. The van der Waals surface area contributed by atoms with Gasteiger partial charge >= 0.3 is 5.97 Å². The Morgan fingerprint density at radius 1 is 1.25 bits per heavy atom. The Labute approximate surface area is 117 Å². The molecule has 0 radical (unpaired) electrons.